The van der Waals surface area contributed by atoms with Crippen LogP contribution < -0.4 is 0 Å². The summed E-state index contributed by atoms with van der Waals surface area (Å²) in [5, 5.41) is 0. The van der Waals surface area contributed by atoms with Crippen molar-refractivity contribution in [3.63, 3.8) is 0 Å². The van der Waals surface area contributed by atoms with Crippen molar-refractivity contribution in [2.24, 2.45) is 20.0 Å². The van der Waals surface area contributed by atoms with Gasteiger partial charge in [-0.1, -0.05) is 6.07 Å². The van der Waals surface area contributed by atoms with Gasteiger partial charge in [-0.05, 0) is 54.2 Å². The van der Waals surface area contributed by atoms with E-state index in [4.69, 9.17) is 4.74 Å². The lowest BCUT2D eigenvalue weighted by atomic mass is 10.2. The lowest BCUT2D eigenvalue weighted by Crippen LogP contribution is -2.33. The molecule has 0 radical (unpaired) electrons. The molecule has 1 aliphatic rings. The molecule has 0 unspecified atom stereocenters. The standard InChI is InChI=1S/C20H22BrF2N5O/c1-13(10-25-8-7-22)19-27-18(14(2)24-3)20(26-12-29-4)28(19)11-15-5-6-16(21)17(23)9-15/h5-6,8-10H,3,7,11-12H2,1-2,4H3/b13-10+,18-14+,25-8?,26-20+. The molecule has 2 rings (SSSR count). The number of hydrogen-bond donors (Lipinski definition) is 0. The van der Waals surface area contributed by atoms with Crippen LogP contribution in [0.1, 0.15) is 19.4 Å². The summed E-state index contributed by atoms with van der Waals surface area (Å²) in [6, 6.07) is 4.89. The molecule has 0 atom stereocenters. The fraction of sp³-hybridized carbons (Fsp3) is 0.300. The van der Waals surface area contributed by atoms with E-state index in [1.165, 1.54) is 19.4 Å². The molecule has 0 bridgehead atoms. The van der Waals surface area contributed by atoms with Gasteiger partial charge in [0.05, 0.1) is 16.7 Å². The third kappa shape index (κ3) is 5.74. The molecule has 9 heteroatoms. The molecule has 29 heavy (non-hydrogen) atoms. The Labute approximate surface area is 177 Å². The second-order valence-corrected chi connectivity index (χ2v) is 6.91. The highest BCUT2D eigenvalue weighted by Gasteiger charge is 2.30. The van der Waals surface area contributed by atoms with E-state index in [9.17, 15) is 8.78 Å². The highest BCUT2D eigenvalue weighted by Crippen LogP contribution is 2.27. The van der Waals surface area contributed by atoms with Crippen molar-refractivity contribution in [3.8, 4) is 0 Å². The minimum Gasteiger partial charge on any atom is -0.362 e. The predicted octanol–water partition coefficient (Wildman–Crippen LogP) is 4.68. The average Bonchev–Trinajstić information content (AvgIpc) is 3.06. The van der Waals surface area contributed by atoms with Gasteiger partial charge in [0.15, 0.2) is 5.84 Å². The summed E-state index contributed by atoms with van der Waals surface area (Å²) in [4.78, 5) is 18.8. The summed E-state index contributed by atoms with van der Waals surface area (Å²) < 4.78 is 31.9. The van der Waals surface area contributed by atoms with Crippen LogP contribution >= 0.6 is 15.9 Å². The van der Waals surface area contributed by atoms with Gasteiger partial charge in [-0.15, -0.1) is 0 Å². The number of alkyl halides is 1. The molecule has 0 aromatic heterocycles. The quantitative estimate of drug-likeness (QED) is 0.523. The average molecular weight is 466 g/mol. The maximum absolute atomic E-state index is 14.0. The van der Waals surface area contributed by atoms with Gasteiger partial charge in [-0.2, -0.15) is 0 Å². The van der Waals surface area contributed by atoms with Crippen molar-refractivity contribution in [1.82, 2.24) is 4.90 Å². The number of amidine groups is 2. The zero-order valence-electron chi connectivity index (χ0n) is 16.5. The van der Waals surface area contributed by atoms with E-state index < -0.39 is 6.67 Å². The zero-order chi connectivity index (χ0) is 21.4. The Morgan fingerprint density at radius 2 is 2.14 bits per heavy atom. The first kappa shape index (κ1) is 22.8. The molecule has 6 nitrogen and oxygen atoms in total. The summed E-state index contributed by atoms with van der Waals surface area (Å²) in [5.41, 5.74) is 2.52. The smallest absolute Gasteiger partial charge is 0.160 e. The van der Waals surface area contributed by atoms with Crippen LogP contribution in [-0.2, 0) is 11.3 Å². The predicted molar refractivity (Wildman–Crippen MR) is 117 cm³/mol. The highest BCUT2D eigenvalue weighted by atomic mass is 79.9. The summed E-state index contributed by atoms with van der Waals surface area (Å²) in [5.74, 6) is 0.713. The van der Waals surface area contributed by atoms with Gasteiger partial charge in [-0.3, -0.25) is 9.98 Å². The van der Waals surface area contributed by atoms with Crippen LogP contribution in [0.15, 0.2) is 65.8 Å². The molecule has 0 aliphatic carbocycles. The van der Waals surface area contributed by atoms with Crippen molar-refractivity contribution in [1.29, 1.82) is 0 Å². The lowest BCUT2D eigenvalue weighted by Gasteiger charge is -2.22. The number of halogens is 3. The van der Waals surface area contributed by atoms with Gasteiger partial charge >= 0.3 is 0 Å². The van der Waals surface area contributed by atoms with E-state index in [0.29, 0.717) is 45.2 Å². The molecule has 0 N–H and O–H groups in total. The van der Waals surface area contributed by atoms with Gasteiger partial charge < -0.3 is 9.64 Å². The van der Waals surface area contributed by atoms with E-state index in [-0.39, 0.29) is 12.5 Å². The van der Waals surface area contributed by atoms with Crippen molar-refractivity contribution in [3.05, 3.63) is 57.2 Å². The van der Waals surface area contributed by atoms with Crippen molar-refractivity contribution < 1.29 is 13.5 Å². The summed E-state index contributed by atoms with van der Waals surface area (Å²) in [6.07, 6.45) is 2.67. The minimum atomic E-state index is -0.663. The maximum atomic E-state index is 14.0. The molecular formula is C20H22BrF2N5O. The van der Waals surface area contributed by atoms with Crippen LogP contribution in [-0.4, -0.2) is 50.0 Å². The van der Waals surface area contributed by atoms with Crippen LogP contribution in [0.2, 0.25) is 0 Å². The maximum Gasteiger partial charge on any atom is 0.160 e. The third-order valence-electron chi connectivity index (χ3n) is 3.98. The summed E-state index contributed by atoms with van der Waals surface area (Å²) in [6.45, 7) is 6.89. The van der Waals surface area contributed by atoms with Gasteiger partial charge in [0.1, 0.15) is 30.8 Å². The van der Waals surface area contributed by atoms with Gasteiger partial charge in [-0.25, -0.2) is 18.8 Å². The van der Waals surface area contributed by atoms with Gasteiger partial charge in [0.2, 0.25) is 0 Å². The van der Waals surface area contributed by atoms with Crippen molar-refractivity contribution >= 4 is 40.5 Å². The third-order valence-corrected chi connectivity index (χ3v) is 4.63. The number of methoxy groups -OCH3 is 1. The molecule has 1 aromatic carbocycles. The number of allylic oxidation sites excluding steroid dienone is 1. The molecule has 1 aliphatic heterocycles. The molecular weight excluding hydrogens is 444 g/mol. The van der Waals surface area contributed by atoms with Crippen LogP contribution in [0.4, 0.5) is 8.78 Å². The van der Waals surface area contributed by atoms with E-state index in [0.717, 1.165) is 6.21 Å². The van der Waals surface area contributed by atoms with Crippen LogP contribution in [0.5, 0.6) is 0 Å². The number of benzene rings is 1. The van der Waals surface area contributed by atoms with E-state index in [1.807, 2.05) is 4.90 Å². The number of aliphatic imine (C=N–C) groups is 4. The minimum absolute atomic E-state index is 0.111. The first-order valence-electron chi connectivity index (χ1n) is 8.69. The lowest BCUT2D eigenvalue weighted by molar-refractivity contribution is 0.208. The second-order valence-electron chi connectivity index (χ2n) is 6.06. The Morgan fingerprint density at radius 3 is 2.76 bits per heavy atom. The topological polar surface area (TPSA) is 61.9 Å². The first-order valence-corrected chi connectivity index (χ1v) is 9.48. The Kier molecular flexibility index (Phi) is 8.53. The molecule has 0 amide bonds. The van der Waals surface area contributed by atoms with E-state index >= 15 is 0 Å². The summed E-state index contributed by atoms with van der Waals surface area (Å²) in [7, 11) is 1.54. The molecule has 0 spiro atoms. The van der Waals surface area contributed by atoms with Crippen molar-refractivity contribution in [2.45, 2.75) is 20.4 Å². The van der Waals surface area contributed by atoms with Crippen LogP contribution in [0.25, 0.3) is 0 Å². The molecule has 0 fully saturated rings. The monoisotopic (exact) mass is 465 g/mol. The SMILES string of the molecule is C=N/C(C)=C1N=C(/C(C)=C/N=CCF)N(Cc2ccc(Br)c(F)c2)C/1=N/COC. The molecule has 0 saturated heterocycles. The number of rotatable bonds is 8. The normalized spacial score (nSPS) is 18.0. The summed E-state index contributed by atoms with van der Waals surface area (Å²) >= 11 is 3.16. The van der Waals surface area contributed by atoms with E-state index in [1.54, 1.807) is 26.0 Å². The number of ether oxygens (including phenoxy) is 1. The number of hydrogen-bond acceptors (Lipinski definition) is 5. The fourth-order valence-corrected chi connectivity index (χ4v) is 2.83. The van der Waals surface area contributed by atoms with Gasteiger partial charge in [0, 0.05) is 25.1 Å². The Hall–Kier alpha value is -2.52. The molecule has 1 heterocycles. The molecule has 154 valence electrons. The van der Waals surface area contributed by atoms with Crippen molar-refractivity contribution in [2.75, 3.05) is 20.5 Å². The zero-order valence-corrected chi connectivity index (χ0v) is 18.1. The van der Waals surface area contributed by atoms with Gasteiger partial charge in [0.25, 0.3) is 0 Å². The Bertz CT molecular complexity index is 921. The highest BCUT2D eigenvalue weighted by molar-refractivity contribution is 9.10. The molecule has 1 aromatic rings. The molecule has 0 saturated carbocycles. The Morgan fingerprint density at radius 1 is 1.38 bits per heavy atom. The number of nitrogens with zero attached hydrogens (tertiary/aromatic N) is 5. The largest absolute Gasteiger partial charge is 0.362 e. The fourth-order valence-electron chi connectivity index (χ4n) is 2.58. The van der Waals surface area contributed by atoms with Crippen LogP contribution in [0, 0.1) is 5.82 Å². The first-order chi connectivity index (χ1) is 13.9. The van der Waals surface area contributed by atoms with E-state index in [2.05, 4.69) is 42.6 Å². The van der Waals surface area contributed by atoms with Crippen LogP contribution in [0.3, 0.4) is 0 Å². The second kappa shape index (κ2) is 10.9. The Balaban J connectivity index is 2.55.